The largest absolute Gasteiger partial charge is 0.466 e. The van der Waals surface area contributed by atoms with Crippen molar-refractivity contribution in [2.75, 3.05) is 11.9 Å². The first-order valence-corrected chi connectivity index (χ1v) is 9.03. The number of hydrogen-bond donors (Lipinski definition) is 1. The Kier molecular flexibility index (Phi) is 4.50. The summed E-state index contributed by atoms with van der Waals surface area (Å²) >= 11 is 0. The second-order valence-corrected chi connectivity index (χ2v) is 6.41. The van der Waals surface area contributed by atoms with E-state index in [4.69, 9.17) is 4.74 Å². The highest BCUT2D eigenvalue weighted by atomic mass is 16.5. The van der Waals surface area contributed by atoms with E-state index in [0.29, 0.717) is 25.1 Å². The fourth-order valence-corrected chi connectivity index (χ4v) is 3.46. The molecule has 0 fully saturated rings. The normalized spacial score (nSPS) is 14.4. The minimum Gasteiger partial charge on any atom is -0.466 e. The predicted octanol–water partition coefficient (Wildman–Crippen LogP) is 4.09. The van der Waals surface area contributed by atoms with Gasteiger partial charge in [-0.05, 0) is 25.1 Å². The van der Waals surface area contributed by atoms with Gasteiger partial charge >= 0.3 is 5.97 Å². The number of nitrogens with zero attached hydrogens (tertiary/aromatic N) is 1. The molecule has 0 unspecified atom stereocenters. The number of hydrogen-bond acceptors (Lipinski definition) is 3. The minimum atomic E-state index is -0.209. The van der Waals surface area contributed by atoms with Gasteiger partial charge in [-0.1, -0.05) is 36.4 Å². The summed E-state index contributed by atoms with van der Waals surface area (Å²) in [6.45, 7) is 2.72. The Labute approximate surface area is 157 Å². The summed E-state index contributed by atoms with van der Waals surface area (Å²) < 4.78 is 7.07. The van der Waals surface area contributed by atoms with Crippen LogP contribution >= 0.6 is 0 Å². The SMILES string of the molecule is CCOC(=O)CCn1cc(/C=C2/C(=O)Nc3ccccc32)c2ccccc21. The molecule has 1 amide bonds. The summed E-state index contributed by atoms with van der Waals surface area (Å²) in [6, 6.07) is 15.7. The molecule has 136 valence electrons. The number of aryl methyl sites for hydroxylation is 1. The molecule has 2 heterocycles. The van der Waals surface area contributed by atoms with Crippen molar-refractivity contribution >= 4 is 40.1 Å². The molecule has 3 aromatic rings. The Morgan fingerprint density at radius 1 is 1.15 bits per heavy atom. The van der Waals surface area contributed by atoms with Gasteiger partial charge in [0, 0.05) is 46.0 Å². The van der Waals surface area contributed by atoms with E-state index in [-0.39, 0.29) is 11.9 Å². The summed E-state index contributed by atoms with van der Waals surface area (Å²) in [5.74, 6) is -0.307. The summed E-state index contributed by atoms with van der Waals surface area (Å²) in [7, 11) is 0. The van der Waals surface area contributed by atoms with Crippen molar-refractivity contribution in [3.05, 3.63) is 65.9 Å². The average molecular weight is 360 g/mol. The fraction of sp³-hybridized carbons (Fsp3) is 0.182. The maximum atomic E-state index is 12.4. The zero-order valence-electron chi connectivity index (χ0n) is 15.1. The molecular weight excluding hydrogens is 340 g/mol. The molecule has 0 bridgehead atoms. The zero-order valence-corrected chi connectivity index (χ0v) is 15.1. The number of nitrogens with one attached hydrogen (secondary N) is 1. The number of amides is 1. The lowest BCUT2D eigenvalue weighted by molar-refractivity contribution is -0.143. The van der Waals surface area contributed by atoms with E-state index in [0.717, 1.165) is 27.7 Å². The number of rotatable bonds is 5. The van der Waals surface area contributed by atoms with Gasteiger partial charge in [0.05, 0.1) is 13.0 Å². The predicted molar refractivity (Wildman–Crippen MR) is 106 cm³/mol. The molecule has 27 heavy (non-hydrogen) atoms. The third kappa shape index (κ3) is 3.24. The lowest BCUT2D eigenvalue weighted by atomic mass is 10.0. The quantitative estimate of drug-likeness (QED) is 0.551. The van der Waals surface area contributed by atoms with Crippen molar-refractivity contribution < 1.29 is 14.3 Å². The Hall–Kier alpha value is -3.34. The second-order valence-electron chi connectivity index (χ2n) is 6.41. The van der Waals surface area contributed by atoms with Crippen LogP contribution < -0.4 is 5.32 Å². The van der Waals surface area contributed by atoms with Crippen LogP contribution in [0.25, 0.3) is 22.6 Å². The number of ether oxygens (including phenoxy) is 1. The van der Waals surface area contributed by atoms with Crippen molar-refractivity contribution in [2.45, 2.75) is 19.9 Å². The van der Waals surface area contributed by atoms with Crippen LogP contribution in [0.2, 0.25) is 0 Å². The van der Waals surface area contributed by atoms with E-state index in [1.54, 1.807) is 6.92 Å². The Bertz CT molecular complexity index is 1060. The Morgan fingerprint density at radius 2 is 1.93 bits per heavy atom. The van der Waals surface area contributed by atoms with Crippen LogP contribution in [0.15, 0.2) is 54.7 Å². The zero-order chi connectivity index (χ0) is 18.8. The third-order valence-electron chi connectivity index (χ3n) is 4.69. The van der Waals surface area contributed by atoms with Crippen molar-refractivity contribution in [3.63, 3.8) is 0 Å². The smallest absolute Gasteiger partial charge is 0.307 e. The molecule has 0 atom stereocenters. The van der Waals surface area contributed by atoms with Crippen LogP contribution in [-0.4, -0.2) is 23.1 Å². The Balaban J connectivity index is 1.73. The van der Waals surface area contributed by atoms with Crippen LogP contribution in [-0.2, 0) is 20.9 Å². The number of aromatic nitrogens is 1. The van der Waals surface area contributed by atoms with E-state index in [1.165, 1.54) is 0 Å². The first-order chi connectivity index (χ1) is 13.2. The first kappa shape index (κ1) is 17.1. The molecular formula is C22H20N2O3. The number of benzene rings is 2. The van der Waals surface area contributed by atoms with Crippen molar-refractivity contribution in [3.8, 4) is 0 Å². The fourth-order valence-electron chi connectivity index (χ4n) is 3.46. The number of esters is 1. The molecule has 0 radical (unpaired) electrons. The minimum absolute atomic E-state index is 0.0976. The average Bonchev–Trinajstić information content (AvgIpc) is 3.19. The van der Waals surface area contributed by atoms with Crippen LogP contribution in [0.4, 0.5) is 5.69 Å². The summed E-state index contributed by atoms with van der Waals surface area (Å²) in [5, 5.41) is 3.95. The monoisotopic (exact) mass is 360 g/mol. The van der Waals surface area contributed by atoms with E-state index < -0.39 is 0 Å². The highest BCUT2D eigenvalue weighted by Crippen LogP contribution is 2.34. The van der Waals surface area contributed by atoms with Crippen molar-refractivity contribution in [1.82, 2.24) is 4.57 Å². The van der Waals surface area contributed by atoms with Crippen LogP contribution in [0.3, 0.4) is 0 Å². The molecule has 1 aliphatic heterocycles. The van der Waals surface area contributed by atoms with Gasteiger partial charge in [0.2, 0.25) is 0 Å². The molecule has 4 rings (SSSR count). The number of carbonyl (C=O) groups is 2. The first-order valence-electron chi connectivity index (χ1n) is 9.03. The summed E-state index contributed by atoms with van der Waals surface area (Å²) in [5.41, 5.74) is 4.38. The molecule has 0 spiro atoms. The van der Waals surface area contributed by atoms with Gasteiger partial charge in [0.15, 0.2) is 0 Å². The van der Waals surface area contributed by atoms with Gasteiger partial charge in [0.1, 0.15) is 0 Å². The molecule has 0 saturated heterocycles. The highest BCUT2D eigenvalue weighted by Gasteiger charge is 2.23. The van der Waals surface area contributed by atoms with Gasteiger partial charge in [-0.3, -0.25) is 9.59 Å². The highest BCUT2D eigenvalue weighted by molar-refractivity contribution is 6.35. The number of anilines is 1. The van der Waals surface area contributed by atoms with E-state index in [2.05, 4.69) is 5.32 Å². The van der Waals surface area contributed by atoms with Crippen LogP contribution in [0.1, 0.15) is 24.5 Å². The molecule has 1 aliphatic rings. The molecule has 0 saturated carbocycles. The molecule has 5 heteroatoms. The molecule has 2 aromatic carbocycles. The maximum absolute atomic E-state index is 12.4. The second kappa shape index (κ2) is 7.11. The van der Waals surface area contributed by atoms with Gasteiger partial charge < -0.3 is 14.6 Å². The maximum Gasteiger partial charge on any atom is 0.307 e. The van der Waals surface area contributed by atoms with E-state index in [1.807, 2.05) is 65.4 Å². The molecule has 1 aromatic heterocycles. The molecule has 0 aliphatic carbocycles. The van der Waals surface area contributed by atoms with Gasteiger partial charge in [-0.15, -0.1) is 0 Å². The topological polar surface area (TPSA) is 60.3 Å². The third-order valence-corrected chi connectivity index (χ3v) is 4.69. The number of carbonyl (C=O) groups excluding carboxylic acids is 2. The summed E-state index contributed by atoms with van der Waals surface area (Å²) in [6.07, 6.45) is 4.22. The van der Waals surface area contributed by atoms with Gasteiger partial charge in [0.25, 0.3) is 5.91 Å². The number of para-hydroxylation sites is 2. The van der Waals surface area contributed by atoms with Crippen molar-refractivity contribution in [1.29, 1.82) is 0 Å². The number of fused-ring (bicyclic) bond motifs is 2. The van der Waals surface area contributed by atoms with Crippen molar-refractivity contribution in [2.24, 2.45) is 0 Å². The Morgan fingerprint density at radius 3 is 2.78 bits per heavy atom. The molecule has 1 N–H and O–H groups in total. The summed E-state index contributed by atoms with van der Waals surface area (Å²) in [4.78, 5) is 24.1. The standard InChI is InChI=1S/C22H20N2O3/c1-2-27-21(25)11-12-24-14-15(16-7-4-6-10-20(16)24)13-18-17-8-3-5-9-19(17)23-22(18)26/h3-10,13-14H,2,11-12H2,1H3,(H,23,26)/b18-13+. The van der Waals surface area contributed by atoms with Gasteiger partial charge in [-0.25, -0.2) is 0 Å². The van der Waals surface area contributed by atoms with E-state index >= 15 is 0 Å². The van der Waals surface area contributed by atoms with Crippen LogP contribution in [0, 0.1) is 0 Å². The lowest BCUT2D eigenvalue weighted by Crippen LogP contribution is -2.08. The lowest BCUT2D eigenvalue weighted by Gasteiger charge is -2.04. The van der Waals surface area contributed by atoms with E-state index in [9.17, 15) is 9.59 Å². The molecule has 5 nitrogen and oxygen atoms in total. The van der Waals surface area contributed by atoms with Crippen LogP contribution in [0.5, 0.6) is 0 Å². The van der Waals surface area contributed by atoms with Gasteiger partial charge in [-0.2, -0.15) is 0 Å².